The van der Waals surface area contributed by atoms with Gasteiger partial charge in [0.2, 0.25) is 11.8 Å². The van der Waals surface area contributed by atoms with Crippen LogP contribution in [0.15, 0.2) is 59.5 Å². The Bertz CT molecular complexity index is 1250. The lowest BCUT2D eigenvalue weighted by Gasteiger charge is -2.08. The van der Waals surface area contributed by atoms with E-state index < -0.39 is 0 Å². The van der Waals surface area contributed by atoms with Gasteiger partial charge in [-0.2, -0.15) is 9.61 Å². The molecule has 1 N–H and O–H groups in total. The molecule has 0 bridgehead atoms. The molecular formula is C20H19N7O4. The van der Waals surface area contributed by atoms with E-state index in [0.29, 0.717) is 17.4 Å². The highest BCUT2D eigenvalue weighted by Crippen LogP contribution is 2.21. The number of methoxy groups -OCH3 is 1. The van der Waals surface area contributed by atoms with E-state index in [1.165, 1.54) is 18.3 Å². The third-order valence-electron chi connectivity index (χ3n) is 4.34. The highest BCUT2D eigenvalue weighted by Gasteiger charge is 2.11. The average molecular weight is 421 g/mol. The Kier molecular flexibility index (Phi) is 5.83. The van der Waals surface area contributed by atoms with Crippen LogP contribution in [0.1, 0.15) is 0 Å². The molecule has 3 aromatic heterocycles. The second-order valence-electron chi connectivity index (χ2n) is 6.41. The molecule has 4 aromatic rings. The molecule has 158 valence electrons. The van der Waals surface area contributed by atoms with Crippen LogP contribution in [-0.4, -0.2) is 55.8 Å². The number of carbonyl (C=O) groups is 1. The number of aromatic nitrogens is 6. The van der Waals surface area contributed by atoms with Gasteiger partial charge in [0.05, 0.1) is 13.7 Å². The average Bonchev–Trinajstić information content (AvgIpc) is 3.22. The highest BCUT2D eigenvalue weighted by atomic mass is 16.5. The lowest BCUT2D eigenvalue weighted by molar-refractivity contribution is -0.122. The molecule has 0 atom stereocenters. The smallest absolute Gasteiger partial charge is 0.267 e. The van der Waals surface area contributed by atoms with Crippen molar-refractivity contribution in [1.29, 1.82) is 0 Å². The van der Waals surface area contributed by atoms with Crippen molar-refractivity contribution < 1.29 is 14.3 Å². The van der Waals surface area contributed by atoms with Gasteiger partial charge in [0.1, 0.15) is 18.9 Å². The van der Waals surface area contributed by atoms with E-state index in [4.69, 9.17) is 9.47 Å². The van der Waals surface area contributed by atoms with Crippen molar-refractivity contribution in [2.45, 2.75) is 6.54 Å². The number of rotatable bonds is 8. The molecule has 0 aliphatic carbocycles. The van der Waals surface area contributed by atoms with Crippen molar-refractivity contribution >= 4 is 11.6 Å². The van der Waals surface area contributed by atoms with Crippen LogP contribution < -0.4 is 20.3 Å². The van der Waals surface area contributed by atoms with Gasteiger partial charge in [-0.15, -0.1) is 15.3 Å². The molecule has 0 saturated heterocycles. The minimum atomic E-state index is -0.340. The third-order valence-corrected chi connectivity index (χ3v) is 4.34. The van der Waals surface area contributed by atoms with Crippen molar-refractivity contribution in [2.75, 3.05) is 20.3 Å². The predicted molar refractivity (Wildman–Crippen MR) is 110 cm³/mol. The van der Waals surface area contributed by atoms with Crippen LogP contribution in [0.25, 0.3) is 17.0 Å². The summed E-state index contributed by atoms with van der Waals surface area (Å²) in [5.74, 6) is 1.33. The first kappa shape index (κ1) is 20.0. The molecule has 0 aliphatic heterocycles. The summed E-state index contributed by atoms with van der Waals surface area (Å²) in [7, 11) is 1.60. The van der Waals surface area contributed by atoms with Gasteiger partial charge in [-0.05, 0) is 36.4 Å². The van der Waals surface area contributed by atoms with E-state index in [1.807, 2.05) is 24.3 Å². The van der Waals surface area contributed by atoms with Crippen molar-refractivity contribution in [1.82, 2.24) is 34.9 Å². The summed E-state index contributed by atoms with van der Waals surface area (Å²) in [6.07, 6.45) is 1.45. The first-order valence-corrected chi connectivity index (χ1v) is 9.42. The highest BCUT2D eigenvalue weighted by molar-refractivity contribution is 5.75. The van der Waals surface area contributed by atoms with E-state index in [0.717, 1.165) is 16.0 Å². The molecule has 1 aromatic carbocycles. The molecule has 31 heavy (non-hydrogen) atoms. The van der Waals surface area contributed by atoms with E-state index in [-0.39, 0.29) is 31.2 Å². The number of hydrogen-bond donors (Lipinski definition) is 1. The molecule has 3 heterocycles. The number of hydrogen-bond acceptors (Lipinski definition) is 8. The lowest BCUT2D eigenvalue weighted by atomic mass is 10.2. The SMILES string of the molecule is COc1ccc(-c2nnc3ccc(OCCNC(=O)Cn4ncccc4=O)nn23)cc1. The molecule has 11 nitrogen and oxygen atoms in total. The third kappa shape index (κ3) is 4.66. The Labute approximate surface area is 176 Å². The monoisotopic (exact) mass is 421 g/mol. The summed E-state index contributed by atoms with van der Waals surface area (Å²) >= 11 is 0. The molecule has 1 amide bonds. The number of amides is 1. The second-order valence-corrected chi connectivity index (χ2v) is 6.41. The zero-order valence-electron chi connectivity index (χ0n) is 16.6. The topological polar surface area (TPSA) is 126 Å². The normalized spacial score (nSPS) is 10.7. The number of fused-ring (bicyclic) bond motifs is 1. The quantitative estimate of drug-likeness (QED) is 0.409. The number of ether oxygens (including phenoxy) is 2. The molecule has 0 fully saturated rings. The van der Waals surface area contributed by atoms with Gasteiger partial charge in [-0.3, -0.25) is 9.59 Å². The minimum absolute atomic E-state index is 0.157. The fraction of sp³-hybridized carbons (Fsp3) is 0.200. The van der Waals surface area contributed by atoms with Crippen LogP contribution in [0, 0.1) is 0 Å². The first-order valence-electron chi connectivity index (χ1n) is 9.42. The van der Waals surface area contributed by atoms with Gasteiger partial charge in [0.15, 0.2) is 11.5 Å². The van der Waals surface area contributed by atoms with Crippen molar-refractivity contribution in [3.05, 3.63) is 65.1 Å². The fourth-order valence-corrected chi connectivity index (χ4v) is 2.81. The fourth-order valence-electron chi connectivity index (χ4n) is 2.81. The first-order chi connectivity index (χ1) is 15.1. The number of benzene rings is 1. The number of nitrogens with zero attached hydrogens (tertiary/aromatic N) is 6. The second kappa shape index (κ2) is 9.03. The molecule has 0 radical (unpaired) electrons. The van der Waals surface area contributed by atoms with E-state index in [1.54, 1.807) is 23.8 Å². The number of carbonyl (C=O) groups excluding carboxylic acids is 1. The van der Waals surface area contributed by atoms with Crippen LogP contribution in [0.5, 0.6) is 11.6 Å². The molecule has 4 rings (SSSR count). The maximum atomic E-state index is 12.0. The van der Waals surface area contributed by atoms with Crippen LogP contribution in [0.3, 0.4) is 0 Å². The molecule has 0 spiro atoms. The largest absolute Gasteiger partial charge is 0.497 e. The van der Waals surface area contributed by atoms with E-state index in [2.05, 4.69) is 25.7 Å². The Morgan fingerprint density at radius 2 is 1.94 bits per heavy atom. The lowest BCUT2D eigenvalue weighted by Crippen LogP contribution is -2.35. The van der Waals surface area contributed by atoms with Crippen molar-refractivity contribution in [3.63, 3.8) is 0 Å². The standard InChI is InChI=1S/C20H19N7O4/c1-30-15-6-4-14(5-7-15)20-24-23-16-8-9-18(25-27(16)20)31-12-11-21-17(28)13-26-19(29)3-2-10-22-26/h2-10H,11-13H2,1H3,(H,21,28). The van der Waals surface area contributed by atoms with Crippen LogP contribution in [0.2, 0.25) is 0 Å². The van der Waals surface area contributed by atoms with Crippen molar-refractivity contribution in [2.24, 2.45) is 0 Å². The number of nitrogens with one attached hydrogen (secondary N) is 1. The summed E-state index contributed by atoms with van der Waals surface area (Å²) in [5, 5.41) is 19.2. The maximum absolute atomic E-state index is 12.0. The van der Waals surface area contributed by atoms with Gasteiger partial charge in [0, 0.05) is 23.9 Å². The summed E-state index contributed by atoms with van der Waals surface area (Å²) < 4.78 is 13.5. The van der Waals surface area contributed by atoms with Gasteiger partial charge in [-0.1, -0.05) is 0 Å². The Balaban J connectivity index is 1.36. The minimum Gasteiger partial charge on any atom is -0.497 e. The summed E-state index contributed by atoms with van der Waals surface area (Å²) in [4.78, 5) is 23.5. The van der Waals surface area contributed by atoms with Crippen LogP contribution in [-0.2, 0) is 11.3 Å². The molecule has 0 unspecified atom stereocenters. The molecule has 0 aliphatic rings. The maximum Gasteiger partial charge on any atom is 0.267 e. The van der Waals surface area contributed by atoms with E-state index in [9.17, 15) is 9.59 Å². The predicted octanol–water partition coefficient (Wildman–Crippen LogP) is 0.552. The Hall–Kier alpha value is -4.28. The zero-order valence-corrected chi connectivity index (χ0v) is 16.6. The van der Waals surface area contributed by atoms with Crippen molar-refractivity contribution in [3.8, 4) is 23.0 Å². The molecular weight excluding hydrogens is 402 g/mol. The van der Waals surface area contributed by atoms with Gasteiger partial charge in [0.25, 0.3) is 5.56 Å². The van der Waals surface area contributed by atoms with Crippen LogP contribution in [0.4, 0.5) is 0 Å². The molecule has 11 heteroatoms. The zero-order chi connectivity index (χ0) is 21.6. The molecule has 0 saturated carbocycles. The van der Waals surface area contributed by atoms with Gasteiger partial charge < -0.3 is 14.8 Å². The van der Waals surface area contributed by atoms with Gasteiger partial charge in [-0.25, -0.2) is 4.68 Å². The van der Waals surface area contributed by atoms with Crippen LogP contribution >= 0.6 is 0 Å². The van der Waals surface area contributed by atoms with E-state index >= 15 is 0 Å². The summed E-state index contributed by atoms with van der Waals surface area (Å²) in [6, 6.07) is 13.7. The summed E-state index contributed by atoms with van der Waals surface area (Å²) in [5.41, 5.74) is 1.07. The Morgan fingerprint density at radius 1 is 1.10 bits per heavy atom. The summed E-state index contributed by atoms with van der Waals surface area (Å²) in [6.45, 7) is 0.283. The Morgan fingerprint density at radius 3 is 2.71 bits per heavy atom. The van der Waals surface area contributed by atoms with Gasteiger partial charge >= 0.3 is 0 Å².